The molecule has 0 aromatic heterocycles. The molecule has 6 nitrogen and oxygen atoms in total. The van der Waals surface area contributed by atoms with Crippen molar-refractivity contribution in [3.8, 4) is 0 Å². The summed E-state index contributed by atoms with van der Waals surface area (Å²) in [5, 5.41) is 5.68. The molecule has 1 N–H and O–H groups in total. The lowest BCUT2D eigenvalue weighted by atomic mass is 9.95. The second-order valence-corrected chi connectivity index (χ2v) is 12.6. The molecule has 4 atom stereocenters. The fourth-order valence-electron chi connectivity index (χ4n) is 4.93. The van der Waals surface area contributed by atoms with E-state index < -0.39 is 11.6 Å². The molecule has 208 valence electrons. The lowest BCUT2D eigenvalue weighted by Crippen LogP contribution is -2.47. The van der Waals surface area contributed by atoms with Gasteiger partial charge in [0.2, 0.25) is 5.91 Å². The summed E-state index contributed by atoms with van der Waals surface area (Å²) in [6.07, 6.45) is 5.47. The molecule has 38 heavy (non-hydrogen) atoms. The van der Waals surface area contributed by atoms with Crippen molar-refractivity contribution in [2.45, 2.75) is 103 Å². The SMILES string of the molecule is CCCC[C@H](NC(=O)[C@@H](CSC1CCC(OC(C)=O)C1)Cc1cccc2ccccc12)C(=O)OC(C)(C)C. The first kappa shape index (κ1) is 30.0. The van der Waals surface area contributed by atoms with Gasteiger partial charge in [0.25, 0.3) is 0 Å². The normalized spacial score (nSPS) is 19.1. The van der Waals surface area contributed by atoms with E-state index in [9.17, 15) is 14.4 Å². The van der Waals surface area contributed by atoms with Crippen LogP contribution in [0.4, 0.5) is 0 Å². The van der Waals surface area contributed by atoms with Crippen LogP contribution in [0.25, 0.3) is 10.8 Å². The molecule has 0 radical (unpaired) electrons. The number of fused-ring (bicyclic) bond motifs is 1. The number of hydrogen-bond acceptors (Lipinski definition) is 6. The molecule has 0 heterocycles. The van der Waals surface area contributed by atoms with Crippen molar-refractivity contribution in [3.63, 3.8) is 0 Å². The Morgan fingerprint density at radius 1 is 1.08 bits per heavy atom. The van der Waals surface area contributed by atoms with Gasteiger partial charge < -0.3 is 14.8 Å². The molecule has 0 aliphatic heterocycles. The molecule has 7 heteroatoms. The van der Waals surface area contributed by atoms with Crippen LogP contribution < -0.4 is 5.32 Å². The number of rotatable bonds is 12. The molecular weight excluding hydrogens is 498 g/mol. The maximum absolute atomic E-state index is 13.7. The van der Waals surface area contributed by atoms with Gasteiger partial charge in [-0.2, -0.15) is 11.8 Å². The predicted molar refractivity (Wildman–Crippen MR) is 154 cm³/mol. The van der Waals surface area contributed by atoms with Gasteiger partial charge in [-0.25, -0.2) is 4.79 Å². The lowest BCUT2D eigenvalue weighted by molar-refractivity contribution is -0.159. The number of thioether (sulfide) groups is 1. The van der Waals surface area contributed by atoms with Gasteiger partial charge in [-0.05, 0) is 69.2 Å². The highest BCUT2D eigenvalue weighted by Crippen LogP contribution is 2.34. The fraction of sp³-hybridized carbons (Fsp3) is 0.581. The van der Waals surface area contributed by atoms with Gasteiger partial charge in [-0.1, -0.05) is 62.2 Å². The molecule has 0 saturated heterocycles. The molecule has 1 aliphatic rings. The summed E-state index contributed by atoms with van der Waals surface area (Å²) in [7, 11) is 0. The van der Waals surface area contributed by atoms with E-state index in [1.54, 1.807) is 11.8 Å². The Balaban J connectivity index is 1.77. The Morgan fingerprint density at radius 2 is 1.82 bits per heavy atom. The minimum absolute atomic E-state index is 0.0408. The number of carbonyl (C=O) groups is 3. The topological polar surface area (TPSA) is 81.7 Å². The largest absolute Gasteiger partial charge is 0.463 e. The first-order valence-electron chi connectivity index (χ1n) is 13.8. The van der Waals surface area contributed by atoms with Gasteiger partial charge in [0, 0.05) is 17.9 Å². The van der Waals surface area contributed by atoms with Gasteiger partial charge in [0.15, 0.2) is 0 Å². The zero-order valence-corrected chi connectivity index (χ0v) is 24.3. The minimum atomic E-state index is -0.665. The number of esters is 2. The fourth-order valence-corrected chi connectivity index (χ4v) is 6.36. The molecule has 1 fully saturated rings. The Morgan fingerprint density at radius 3 is 2.53 bits per heavy atom. The predicted octanol–water partition coefficient (Wildman–Crippen LogP) is 6.23. The molecule has 1 saturated carbocycles. The molecule has 0 spiro atoms. The standard InChI is InChI=1S/C31H43NO5S/c1-6-7-15-28(30(35)37-31(3,4)5)32-29(34)24(20-38-26-17-16-25(19-26)36-21(2)33)18-23-13-10-12-22-11-8-9-14-27(22)23/h8-14,24-26,28H,6-7,15-20H2,1-5H3,(H,32,34)/t24-,25?,26?,28+/m1/s1. The van der Waals surface area contributed by atoms with Crippen LogP contribution in [0.5, 0.6) is 0 Å². The summed E-state index contributed by atoms with van der Waals surface area (Å²) in [5.41, 5.74) is 0.501. The van der Waals surface area contributed by atoms with Crippen LogP contribution in [0.3, 0.4) is 0 Å². The van der Waals surface area contributed by atoms with Crippen LogP contribution in [0.2, 0.25) is 0 Å². The van der Waals surface area contributed by atoms with Gasteiger partial charge in [0.1, 0.15) is 17.7 Å². The summed E-state index contributed by atoms with van der Waals surface area (Å²) in [4.78, 5) is 38.1. The van der Waals surface area contributed by atoms with E-state index >= 15 is 0 Å². The van der Waals surface area contributed by atoms with E-state index in [2.05, 4.69) is 36.5 Å². The quantitative estimate of drug-likeness (QED) is 0.321. The van der Waals surface area contributed by atoms with Gasteiger partial charge in [0.05, 0.1) is 5.92 Å². The smallest absolute Gasteiger partial charge is 0.329 e. The first-order chi connectivity index (χ1) is 18.1. The summed E-state index contributed by atoms with van der Waals surface area (Å²) >= 11 is 1.77. The molecule has 1 amide bonds. The third kappa shape index (κ3) is 9.33. The van der Waals surface area contributed by atoms with Gasteiger partial charge in [-0.3, -0.25) is 9.59 Å². The van der Waals surface area contributed by atoms with E-state index in [1.165, 1.54) is 6.92 Å². The summed E-state index contributed by atoms with van der Waals surface area (Å²) in [6.45, 7) is 9.04. The zero-order valence-electron chi connectivity index (χ0n) is 23.5. The lowest BCUT2D eigenvalue weighted by Gasteiger charge is -2.26. The van der Waals surface area contributed by atoms with Gasteiger partial charge >= 0.3 is 11.9 Å². The molecule has 3 rings (SSSR count). The van der Waals surface area contributed by atoms with Crippen LogP contribution in [0.15, 0.2) is 42.5 Å². The van der Waals surface area contributed by atoms with Crippen molar-refractivity contribution >= 4 is 40.4 Å². The van der Waals surface area contributed by atoms with Crippen molar-refractivity contribution in [2.24, 2.45) is 5.92 Å². The zero-order chi connectivity index (χ0) is 27.7. The van der Waals surface area contributed by atoms with E-state index in [-0.39, 0.29) is 29.9 Å². The molecular formula is C31H43NO5S. The molecule has 1 aliphatic carbocycles. The van der Waals surface area contributed by atoms with Crippen LogP contribution in [0, 0.1) is 5.92 Å². The second kappa shape index (κ2) is 14.0. The molecule has 2 aromatic rings. The van der Waals surface area contributed by atoms with Crippen molar-refractivity contribution in [1.29, 1.82) is 0 Å². The maximum atomic E-state index is 13.7. The van der Waals surface area contributed by atoms with E-state index in [0.717, 1.165) is 48.4 Å². The first-order valence-corrected chi connectivity index (χ1v) is 14.9. The van der Waals surface area contributed by atoms with E-state index in [1.807, 2.05) is 39.0 Å². The average molecular weight is 542 g/mol. The van der Waals surface area contributed by atoms with Crippen LogP contribution in [0.1, 0.15) is 78.7 Å². The monoisotopic (exact) mass is 541 g/mol. The average Bonchev–Trinajstić information content (AvgIpc) is 3.29. The highest BCUT2D eigenvalue weighted by atomic mass is 32.2. The number of carbonyl (C=O) groups excluding carboxylic acids is 3. The third-order valence-corrected chi connectivity index (χ3v) is 8.27. The molecule has 2 unspecified atom stereocenters. The summed E-state index contributed by atoms with van der Waals surface area (Å²) < 4.78 is 11.1. The van der Waals surface area contributed by atoms with Crippen molar-refractivity contribution < 1.29 is 23.9 Å². The Kier molecular flexibility index (Phi) is 11.1. The summed E-state index contributed by atoms with van der Waals surface area (Å²) in [5.74, 6) is -0.427. The Bertz CT molecular complexity index is 1090. The Labute approximate surface area is 231 Å². The number of nitrogens with one attached hydrogen (secondary N) is 1. The highest BCUT2D eigenvalue weighted by molar-refractivity contribution is 7.99. The number of amides is 1. The van der Waals surface area contributed by atoms with Gasteiger partial charge in [-0.15, -0.1) is 0 Å². The number of ether oxygens (including phenoxy) is 2. The van der Waals surface area contributed by atoms with Crippen LogP contribution >= 0.6 is 11.8 Å². The van der Waals surface area contributed by atoms with Crippen LogP contribution in [-0.2, 0) is 30.3 Å². The molecule has 2 aromatic carbocycles. The number of unbranched alkanes of at least 4 members (excludes halogenated alkanes) is 1. The highest BCUT2D eigenvalue weighted by Gasteiger charge is 2.32. The van der Waals surface area contributed by atoms with Crippen molar-refractivity contribution in [3.05, 3.63) is 48.0 Å². The number of hydrogen-bond donors (Lipinski definition) is 1. The Hall–Kier alpha value is -2.54. The van der Waals surface area contributed by atoms with Crippen molar-refractivity contribution in [2.75, 3.05) is 5.75 Å². The molecule has 0 bridgehead atoms. The summed E-state index contributed by atoms with van der Waals surface area (Å²) in [6, 6.07) is 13.8. The van der Waals surface area contributed by atoms with E-state index in [0.29, 0.717) is 23.8 Å². The second-order valence-electron chi connectivity index (χ2n) is 11.3. The number of benzene rings is 2. The van der Waals surface area contributed by atoms with Crippen LogP contribution in [-0.4, -0.2) is 46.6 Å². The maximum Gasteiger partial charge on any atom is 0.329 e. The minimum Gasteiger partial charge on any atom is -0.463 e. The van der Waals surface area contributed by atoms with E-state index in [4.69, 9.17) is 9.47 Å². The van der Waals surface area contributed by atoms with Crippen molar-refractivity contribution in [1.82, 2.24) is 5.32 Å². The third-order valence-electron chi connectivity index (χ3n) is 6.77.